The van der Waals surface area contributed by atoms with E-state index in [4.69, 9.17) is 0 Å². The third-order valence-electron chi connectivity index (χ3n) is 2.55. The molecule has 0 aromatic heterocycles. The van der Waals surface area contributed by atoms with Crippen molar-refractivity contribution in [2.45, 2.75) is 26.8 Å². The van der Waals surface area contributed by atoms with Crippen molar-refractivity contribution < 1.29 is 9.59 Å². The Morgan fingerprint density at radius 1 is 1.21 bits per heavy atom. The average Bonchev–Trinajstić information content (AvgIpc) is 2.36. The van der Waals surface area contributed by atoms with Crippen molar-refractivity contribution in [2.24, 2.45) is 0 Å². The van der Waals surface area contributed by atoms with Crippen LogP contribution >= 0.6 is 0 Å². The molecule has 1 aromatic rings. The lowest BCUT2D eigenvalue weighted by atomic mass is 10.1. The monoisotopic (exact) mass is 263 g/mol. The zero-order valence-electron chi connectivity index (χ0n) is 11.5. The molecule has 1 aromatic carbocycles. The van der Waals surface area contributed by atoms with E-state index in [1.54, 1.807) is 0 Å². The minimum atomic E-state index is -0.0882. The first-order valence-electron chi connectivity index (χ1n) is 6.46. The van der Waals surface area contributed by atoms with Gasteiger partial charge in [-0.25, -0.2) is 0 Å². The summed E-state index contributed by atoms with van der Waals surface area (Å²) in [7, 11) is 0. The molecule has 0 saturated heterocycles. The van der Waals surface area contributed by atoms with E-state index in [2.05, 4.69) is 16.0 Å². The van der Waals surface area contributed by atoms with Gasteiger partial charge in [0, 0.05) is 38.7 Å². The third kappa shape index (κ3) is 6.01. The van der Waals surface area contributed by atoms with Crippen LogP contribution in [0.15, 0.2) is 24.3 Å². The van der Waals surface area contributed by atoms with Gasteiger partial charge in [0.2, 0.25) is 11.8 Å². The van der Waals surface area contributed by atoms with Gasteiger partial charge in [0.15, 0.2) is 0 Å². The van der Waals surface area contributed by atoms with Gasteiger partial charge in [0.05, 0.1) is 0 Å². The zero-order chi connectivity index (χ0) is 14.1. The lowest BCUT2D eigenvalue weighted by Gasteiger charge is -2.10. The number of amides is 2. The van der Waals surface area contributed by atoms with Crippen molar-refractivity contribution in [1.82, 2.24) is 10.6 Å². The molecule has 0 saturated carbocycles. The van der Waals surface area contributed by atoms with Crippen molar-refractivity contribution in [1.29, 1.82) is 0 Å². The van der Waals surface area contributed by atoms with Gasteiger partial charge < -0.3 is 16.0 Å². The van der Waals surface area contributed by atoms with Crippen molar-refractivity contribution in [3.8, 4) is 0 Å². The maximum Gasteiger partial charge on any atom is 0.221 e. The Morgan fingerprint density at radius 3 is 2.63 bits per heavy atom. The van der Waals surface area contributed by atoms with Crippen LogP contribution in [0.5, 0.6) is 0 Å². The molecule has 0 aliphatic rings. The van der Waals surface area contributed by atoms with Crippen molar-refractivity contribution in [3.05, 3.63) is 29.8 Å². The molecule has 0 aliphatic carbocycles. The molecule has 0 radical (unpaired) electrons. The molecule has 0 spiro atoms. The number of para-hydroxylation sites is 1. The molecule has 3 N–H and O–H groups in total. The van der Waals surface area contributed by atoms with Crippen LogP contribution in [0.4, 0.5) is 5.69 Å². The quantitative estimate of drug-likeness (QED) is 0.649. The summed E-state index contributed by atoms with van der Waals surface area (Å²) in [5.41, 5.74) is 1.81. The topological polar surface area (TPSA) is 70.2 Å². The summed E-state index contributed by atoms with van der Waals surface area (Å²) in [6, 6.07) is 7.61. The summed E-state index contributed by atoms with van der Waals surface area (Å²) < 4.78 is 0. The van der Waals surface area contributed by atoms with Crippen LogP contribution in [0, 0.1) is 0 Å². The SMILES string of the molecule is CCNC(=O)CCNCc1ccccc1NC(C)=O. The zero-order valence-corrected chi connectivity index (χ0v) is 11.5. The van der Waals surface area contributed by atoms with E-state index in [0.717, 1.165) is 11.3 Å². The Kier molecular flexibility index (Phi) is 6.60. The van der Waals surface area contributed by atoms with Gasteiger partial charge in [-0.15, -0.1) is 0 Å². The molecule has 0 atom stereocenters. The molecule has 0 bridgehead atoms. The predicted octanol–water partition coefficient (Wildman–Crippen LogP) is 1.26. The average molecular weight is 263 g/mol. The first-order chi connectivity index (χ1) is 9.13. The van der Waals surface area contributed by atoms with E-state index in [9.17, 15) is 9.59 Å². The molecule has 19 heavy (non-hydrogen) atoms. The number of benzene rings is 1. The van der Waals surface area contributed by atoms with Crippen LogP contribution < -0.4 is 16.0 Å². The van der Waals surface area contributed by atoms with E-state index in [1.807, 2.05) is 31.2 Å². The van der Waals surface area contributed by atoms with Crippen molar-refractivity contribution in [3.63, 3.8) is 0 Å². The highest BCUT2D eigenvalue weighted by Crippen LogP contribution is 2.14. The Labute approximate surface area is 113 Å². The highest BCUT2D eigenvalue weighted by Gasteiger charge is 2.03. The normalized spacial score (nSPS) is 10.0. The molecule has 0 aliphatic heterocycles. The van der Waals surface area contributed by atoms with Gasteiger partial charge in [-0.1, -0.05) is 18.2 Å². The minimum Gasteiger partial charge on any atom is -0.356 e. The van der Waals surface area contributed by atoms with Crippen molar-refractivity contribution >= 4 is 17.5 Å². The fourth-order valence-electron chi connectivity index (χ4n) is 1.70. The summed E-state index contributed by atoms with van der Waals surface area (Å²) in [5.74, 6) is -0.0417. The summed E-state index contributed by atoms with van der Waals surface area (Å²) in [4.78, 5) is 22.3. The second-order valence-corrected chi connectivity index (χ2v) is 4.22. The van der Waals surface area contributed by atoms with Gasteiger partial charge in [-0.3, -0.25) is 9.59 Å². The molecule has 0 unspecified atom stereocenters. The third-order valence-corrected chi connectivity index (χ3v) is 2.55. The highest BCUT2D eigenvalue weighted by molar-refractivity contribution is 5.89. The Balaban J connectivity index is 2.40. The maximum absolute atomic E-state index is 11.3. The Hall–Kier alpha value is -1.88. The number of carbonyl (C=O) groups excluding carboxylic acids is 2. The van der Waals surface area contributed by atoms with Crippen LogP contribution in [0.1, 0.15) is 25.8 Å². The number of hydrogen-bond acceptors (Lipinski definition) is 3. The molecule has 0 fully saturated rings. The molecule has 1 rings (SSSR count). The van der Waals surface area contributed by atoms with Crippen LogP contribution in [-0.4, -0.2) is 24.9 Å². The summed E-state index contributed by atoms with van der Waals surface area (Å²) in [5, 5.41) is 8.72. The summed E-state index contributed by atoms with van der Waals surface area (Å²) in [6.07, 6.45) is 0.455. The highest BCUT2D eigenvalue weighted by atomic mass is 16.2. The number of hydrogen-bond donors (Lipinski definition) is 3. The lowest BCUT2D eigenvalue weighted by molar-refractivity contribution is -0.121. The van der Waals surface area contributed by atoms with Gasteiger partial charge >= 0.3 is 0 Å². The number of nitrogens with one attached hydrogen (secondary N) is 3. The largest absolute Gasteiger partial charge is 0.356 e. The fraction of sp³-hybridized carbons (Fsp3) is 0.429. The van der Waals surface area contributed by atoms with Crippen molar-refractivity contribution in [2.75, 3.05) is 18.4 Å². The second-order valence-electron chi connectivity index (χ2n) is 4.22. The summed E-state index contributed by atoms with van der Waals surface area (Å²) in [6.45, 7) is 5.27. The van der Waals surface area contributed by atoms with Crippen LogP contribution in [-0.2, 0) is 16.1 Å². The molecule has 2 amide bonds. The predicted molar refractivity (Wildman–Crippen MR) is 75.8 cm³/mol. The number of rotatable bonds is 7. The van der Waals surface area contributed by atoms with E-state index in [-0.39, 0.29) is 11.8 Å². The van der Waals surface area contributed by atoms with Crippen LogP contribution in [0.2, 0.25) is 0 Å². The maximum atomic E-state index is 11.3. The molecule has 5 heteroatoms. The summed E-state index contributed by atoms with van der Waals surface area (Å²) >= 11 is 0. The van der Waals surface area contributed by atoms with Gasteiger partial charge in [-0.05, 0) is 18.6 Å². The lowest BCUT2D eigenvalue weighted by Crippen LogP contribution is -2.27. The van der Waals surface area contributed by atoms with Gasteiger partial charge in [0.25, 0.3) is 0 Å². The molecule has 104 valence electrons. The fourth-order valence-corrected chi connectivity index (χ4v) is 1.70. The van der Waals surface area contributed by atoms with Gasteiger partial charge in [-0.2, -0.15) is 0 Å². The Morgan fingerprint density at radius 2 is 1.95 bits per heavy atom. The Bertz CT molecular complexity index is 432. The van der Waals surface area contributed by atoms with E-state index < -0.39 is 0 Å². The standard InChI is InChI=1S/C14H21N3O2/c1-3-16-14(19)8-9-15-10-12-6-4-5-7-13(12)17-11(2)18/h4-7,15H,3,8-10H2,1-2H3,(H,16,19)(H,17,18). The minimum absolute atomic E-state index is 0.0464. The molecular weight excluding hydrogens is 242 g/mol. The van der Waals surface area contributed by atoms with E-state index in [1.165, 1.54) is 6.92 Å². The first kappa shape index (κ1) is 15.2. The molecule has 0 heterocycles. The van der Waals surface area contributed by atoms with Gasteiger partial charge in [0.1, 0.15) is 0 Å². The number of anilines is 1. The number of carbonyl (C=O) groups is 2. The van der Waals surface area contributed by atoms with Crippen LogP contribution in [0.25, 0.3) is 0 Å². The molecule has 5 nitrogen and oxygen atoms in total. The second kappa shape index (κ2) is 8.26. The first-order valence-corrected chi connectivity index (χ1v) is 6.46. The van der Waals surface area contributed by atoms with Crippen LogP contribution in [0.3, 0.4) is 0 Å². The van der Waals surface area contributed by atoms with E-state index >= 15 is 0 Å². The molecular formula is C14H21N3O2. The van der Waals surface area contributed by atoms with E-state index in [0.29, 0.717) is 26.1 Å². The smallest absolute Gasteiger partial charge is 0.221 e.